The van der Waals surface area contributed by atoms with Crippen LogP contribution in [0.15, 0.2) is 36.7 Å². The second kappa shape index (κ2) is 7.04. The molecule has 5 nitrogen and oxygen atoms in total. The van der Waals surface area contributed by atoms with Crippen molar-refractivity contribution < 1.29 is 9.53 Å². The quantitative estimate of drug-likeness (QED) is 0.760. The normalized spacial score (nSPS) is 10.9. The Labute approximate surface area is 125 Å². The van der Waals surface area contributed by atoms with E-state index in [-0.39, 0.29) is 5.97 Å². The fourth-order valence-corrected chi connectivity index (χ4v) is 2.25. The Kier molecular flexibility index (Phi) is 5.11. The summed E-state index contributed by atoms with van der Waals surface area (Å²) in [5.41, 5.74) is 2.15. The van der Waals surface area contributed by atoms with Crippen molar-refractivity contribution in [2.75, 3.05) is 14.2 Å². The zero-order chi connectivity index (χ0) is 15.2. The van der Waals surface area contributed by atoms with Crippen LogP contribution in [0, 0.1) is 0 Å². The molecule has 1 heterocycles. The van der Waals surface area contributed by atoms with Crippen LogP contribution in [0.1, 0.15) is 17.0 Å². The maximum Gasteiger partial charge on any atom is 0.309 e. The molecule has 0 aliphatic heterocycles. The number of ether oxygens (including phenoxy) is 1. The van der Waals surface area contributed by atoms with Crippen LogP contribution in [0.2, 0.25) is 0 Å². The largest absolute Gasteiger partial charge is 0.469 e. The molecule has 0 bridgehead atoms. The van der Waals surface area contributed by atoms with Gasteiger partial charge in [-0.05, 0) is 18.2 Å². The number of imidazole rings is 1. The van der Waals surface area contributed by atoms with E-state index in [2.05, 4.69) is 9.88 Å². The van der Waals surface area contributed by atoms with Gasteiger partial charge in [-0.2, -0.15) is 0 Å². The monoisotopic (exact) mass is 287 g/mol. The van der Waals surface area contributed by atoms with Gasteiger partial charge in [-0.15, -0.1) is 0 Å². The second-order valence-corrected chi connectivity index (χ2v) is 5.15. The van der Waals surface area contributed by atoms with E-state index >= 15 is 0 Å². The van der Waals surface area contributed by atoms with Gasteiger partial charge in [0.05, 0.1) is 20.1 Å². The van der Waals surface area contributed by atoms with Crippen LogP contribution in [-0.2, 0) is 36.1 Å². The van der Waals surface area contributed by atoms with E-state index in [0.717, 1.165) is 30.0 Å². The maximum absolute atomic E-state index is 11.5. The second-order valence-electron chi connectivity index (χ2n) is 5.15. The van der Waals surface area contributed by atoms with E-state index in [0.29, 0.717) is 6.42 Å². The molecular formula is C16H21N3O2. The number of rotatable bonds is 6. The molecule has 0 saturated heterocycles. The summed E-state index contributed by atoms with van der Waals surface area (Å²) in [6, 6.07) is 7.96. The molecule has 0 spiro atoms. The molecule has 0 N–H and O–H groups in total. The van der Waals surface area contributed by atoms with Crippen LogP contribution < -0.4 is 0 Å². The van der Waals surface area contributed by atoms with Gasteiger partial charge in [0.1, 0.15) is 5.82 Å². The zero-order valence-corrected chi connectivity index (χ0v) is 12.7. The molecule has 0 aliphatic carbocycles. The maximum atomic E-state index is 11.5. The molecule has 2 aromatic rings. The molecule has 0 radical (unpaired) electrons. The fraction of sp³-hybridized carbons (Fsp3) is 0.375. The van der Waals surface area contributed by atoms with Gasteiger partial charge in [0.2, 0.25) is 0 Å². The molecular weight excluding hydrogens is 266 g/mol. The van der Waals surface area contributed by atoms with E-state index < -0.39 is 0 Å². The van der Waals surface area contributed by atoms with Gasteiger partial charge in [0.15, 0.2) is 0 Å². The van der Waals surface area contributed by atoms with Gasteiger partial charge >= 0.3 is 5.97 Å². The average Bonchev–Trinajstić information content (AvgIpc) is 2.86. The smallest absolute Gasteiger partial charge is 0.309 e. The molecule has 1 aromatic carbocycles. The highest BCUT2D eigenvalue weighted by atomic mass is 16.5. The molecule has 5 heteroatoms. The number of benzene rings is 1. The van der Waals surface area contributed by atoms with E-state index in [4.69, 9.17) is 4.74 Å². The molecule has 2 rings (SSSR count). The summed E-state index contributed by atoms with van der Waals surface area (Å²) in [4.78, 5) is 18.0. The van der Waals surface area contributed by atoms with Crippen LogP contribution in [0.25, 0.3) is 0 Å². The van der Waals surface area contributed by atoms with Crippen molar-refractivity contribution in [2.24, 2.45) is 7.05 Å². The number of carbonyl (C=O) groups is 1. The van der Waals surface area contributed by atoms with Gasteiger partial charge in [-0.1, -0.05) is 24.3 Å². The number of hydrogen-bond donors (Lipinski definition) is 0. The topological polar surface area (TPSA) is 47.4 Å². The average molecular weight is 287 g/mol. The molecule has 0 atom stereocenters. The molecule has 0 amide bonds. The fourth-order valence-electron chi connectivity index (χ4n) is 2.25. The number of aromatic nitrogens is 2. The third-order valence-corrected chi connectivity index (χ3v) is 3.45. The van der Waals surface area contributed by atoms with Gasteiger partial charge in [-0.25, -0.2) is 4.98 Å². The predicted molar refractivity (Wildman–Crippen MR) is 80.5 cm³/mol. The summed E-state index contributed by atoms with van der Waals surface area (Å²) in [6.07, 6.45) is 4.05. The van der Waals surface area contributed by atoms with E-state index in [1.54, 1.807) is 6.20 Å². The Balaban J connectivity index is 2.05. The van der Waals surface area contributed by atoms with Crippen LogP contribution in [0.4, 0.5) is 0 Å². The number of carbonyl (C=O) groups excluding carboxylic acids is 1. The highest BCUT2D eigenvalue weighted by molar-refractivity contribution is 5.72. The van der Waals surface area contributed by atoms with Crippen molar-refractivity contribution in [1.29, 1.82) is 0 Å². The van der Waals surface area contributed by atoms with E-state index in [1.165, 1.54) is 7.11 Å². The van der Waals surface area contributed by atoms with Crippen molar-refractivity contribution in [3.63, 3.8) is 0 Å². The van der Waals surface area contributed by atoms with Crippen molar-refractivity contribution in [3.05, 3.63) is 53.6 Å². The Morgan fingerprint density at radius 3 is 2.62 bits per heavy atom. The van der Waals surface area contributed by atoms with E-state index in [1.807, 2.05) is 49.1 Å². The summed E-state index contributed by atoms with van der Waals surface area (Å²) in [5, 5.41) is 0. The molecule has 21 heavy (non-hydrogen) atoms. The van der Waals surface area contributed by atoms with Crippen LogP contribution in [-0.4, -0.2) is 34.6 Å². The van der Waals surface area contributed by atoms with Gasteiger partial charge in [0.25, 0.3) is 0 Å². The van der Waals surface area contributed by atoms with Crippen molar-refractivity contribution in [3.8, 4) is 0 Å². The highest BCUT2D eigenvalue weighted by Gasteiger charge is 2.11. The lowest BCUT2D eigenvalue weighted by atomic mass is 10.0. The third-order valence-electron chi connectivity index (χ3n) is 3.45. The first kappa shape index (κ1) is 15.3. The van der Waals surface area contributed by atoms with E-state index in [9.17, 15) is 4.79 Å². The van der Waals surface area contributed by atoms with Crippen LogP contribution >= 0.6 is 0 Å². The lowest BCUT2D eigenvalue weighted by Crippen LogP contribution is -2.20. The number of esters is 1. The summed E-state index contributed by atoms with van der Waals surface area (Å²) in [6.45, 7) is 1.52. The Morgan fingerprint density at radius 1 is 1.29 bits per heavy atom. The minimum absolute atomic E-state index is 0.214. The summed E-state index contributed by atoms with van der Waals surface area (Å²) in [5.74, 6) is 0.803. The molecule has 112 valence electrons. The molecule has 0 fully saturated rings. The summed E-state index contributed by atoms with van der Waals surface area (Å²) in [7, 11) is 5.45. The molecule has 0 saturated carbocycles. The third kappa shape index (κ3) is 4.16. The number of hydrogen-bond acceptors (Lipinski definition) is 4. The highest BCUT2D eigenvalue weighted by Crippen LogP contribution is 2.13. The molecule has 1 aromatic heterocycles. The lowest BCUT2D eigenvalue weighted by molar-refractivity contribution is -0.139. The minimum atomic E-state index is -0.214. The number of nitrogens with zero attached hydrogens (tertiary/aromatic N) is 3. The number of methoxy groups -OCH3 is 1. The number of aryl methyl sites for hydroxylation is 1. The van der Waals surface area contributed by atoms with Crippen molar-refractivity contribution in [1.82, 2.24) is 14.5 Å². The summed E-state index contributed by atoms with van der Waals surface area (Å²) >= 11 is 0. The van der Waals surface area contributed by atoms with Gasteiger partial charge < -0.3 is 9.30 Å². The predicted octanol–water partition coefficient (Wildman–Crippen LogP) is 1.77. The van der Waals surface area contributed by atoms with Crippen LogP contribution in [0.5, 0.6) is 0 Å². The molecule has 0 aliphatic rings. The SMILES string of the molecule is COC(=O)Cc1ccccc1CN(C)Cc1nccn1C. The van der Waals surface area contributed by atoms with Crippen molar-refractivity contribution >= 4 is 5.97 Å². The Hall–Kier alpha value is -2.14. The van der Waals surface area contributed by atoms with Crippen LogP contribution in [0.3, 0.4) is 0 Å². The first-order chi connectivity index (χ1) is 10.1. The Morgan fingerprint density at radius 2 is 2.00 bits per heavy atom. The van der Waals surface area contributed by atoms with Gasteiger partial charge in [-0.3, -0.25) is 9.69 Å². The molecule has 0 unspecified atom stereocenters. The Bertz CT molecular complexity index is 607. The van der Waals surface area contributed by atoms with Crippen molar-refractivity contribution in [2.45, 2.75) is 19.5 Å². The van der Waals surface area contributed by atoms with Gasteiger partial charge in [0, 0.05) is 26.0 Å². The first-order valence-electron chi connectivity index (χ1n) is 6.88. The standard InChI is InChI=1S/C16H21N3O2/c1-18(12-15-17-8-9-19(15)2)11-14-7-5-4-6-13(14)10-16(20)21-3/h4-9H,10-12H2,1-3H3. The lowest BCUT2D eigenvalue weighted by Gasteiger charge is -2.18. The first-order valence-corrected chi connectivity index (χ1v) is 6.88. The zero-order valence-electron chi connectivity index (χ0n) is 12.7. The summed E-state index contributed by atoms with van der Waals surface area (Å²) < 4.78 is 6.76. The minimum Gasteiger partial charge on any atom is -0.469 e.